The molecule has 1 aromatic carbocycles. The number of fused-ring (bicyclic) bond motifs is 1. The molecule has 1 atom stereocenters. The summed E-state index contributed by atoms with van der Waals surface area (Å²) in [5, 5.41) is 0. The Hall–Kier alpha value is -1.54. The Bertz CT molecular complexity index is 559. The number of hydrogen-bond acceptors (Lipinski definition) is 1. The lowest BCUT2D eigenvalue weighted by atomic mass is 9.85. The summed E-state index contributed by atoms with van der Waals surface area (Å²) in [4.78, 5) is 0. The average molecular weight is 254 g/mol. The summed E-state index contributed by atoms with van der Waals surface area (Å²) < 4.78 is 2.27. The molecule has 19 heavy (non-hydrogen) atoms. The molecular formula is C17H22N2. The van der Waals surface area contributed by atoms with E-state index >= 15 is 0 Å². The van der Waals surface area contributed by atoms with Crippen LogP contribution >= 0.6 is 0 Å². The van der Waals surface area contributed by atoms with Gasteiger partial charge in [0.05, 0.1) is 0 Å². The van der Waals surface area contributed by atoms with Crippen molar-refractivity contribution in [1.29, 1.82) is 0 Å². The van der Waals surface area contributed by atoms with Gasteiger partial charge in [0.2, 0.25) is 0 Å². The fourth-order valence-electron chi connectivity index (χ4n) is 3.50. The van der Waals surface area contributed by atoms with Crippen LogP contribution in [-0.2, 0) is 17.5 Å². The highest BCUT2D eigenvalue weighted by molar-refractivity contribution is 5.43. The molecule has 0 unspecified atom stereocenters. The smallest absolute Gasteiger partial charge is 0.0470 e. The molecule has 0 saturated heterocycles. The van der Waals surface area contributed by atoms with Crippen LogP contribution < -0.4 is 5.73 Å². The molecule has 0 saturated carbocycles. The van der Waals surface area contributed by atoms with E-state index < -0.39 is 0 Å². The second-order valence-corrected chi connectivity index (χ2v) is 6.72. The monoisotopic (exact) mass is 254 g/mol. The highest BCUT2D eigenvalue weighted by Gasteiger charge is 2.43. The number of benzene rings is 1. The Balaban J connectivity index is 1.96. The third-order valence-electron chi connectivity index (χ3n) is 4.24. The SMILES string of the molecule is CC1(C)C[C@](C)(N)c2cn(Cc3ccccc3)cc21. The predicted octanol–water partition coefficient (Wildman–Crippen LogP) is 3.39. The van der Waals surface area contributed by atoms with Crippen LogP contribution in [-0.4, -0.2) is 4.57 Å². The van der Waals surface area contributed by atoms with Gasteiger partial charge in [-0.2, -0.15) is 0 Å². The van der Waals surface area contributed by atoms with Crippen molar-refractivity contribution in [2.24, 2.45) is 5.73 Å². The molecule has 0 amide bonds. The maximum Gasteiger partial charge on any atom is 0.0470 e. The standard InChI is InChI=1S/C17H22N2/c1-16(2)12-17(3,18)15-11-19(10-14(15)16)9-13-7-5-4-6-8-13/h4-8,10-11H,9,12,18H2,1-3H3/t17-/m0/s1. The first kappa shape index (κ1) is 12.5. The molecule has 0 bridgehead atoms. The zero-order valence-electron chi connectivity index (χ0n) is 12.0. The lowest BCUT2D eigenvalue weighted by Crippen LogP contribution is -2.32. The Kier molecular flexibility index (Phi) is 2.61. The molecule has 1 aromatic heterocycles. The number of aromatic nitrogens is 1. The predicted molar refractivity (Wildman–Crippen MR) is 79.2 cm³/mol. The lowest BCUT2D eigenvalue weighted by Gasteiger charge is -2.24. The summed E-state index contributed by atoms with van der Waals surface area (Å²) in [6.45, 7) is 7.64. The van der Waals surface area contributed by atoms with Crippen LogP contribution in [0.15, 0.2) is 42.7 Å². The van der Waals surface area contributed by atoms with Crippen molar-refractivity contribution in [2.45, 2.75) is 44.7 Å². The first-order chi connectivity index (χ1) is 8.88. The van der Waals surface area contributed by atoms with E-state index in [1.807, 2.05) is 0 Å². The molecule has 1 aliphatic carbocycles. The van der Waals surface area contributed by atoms with Gasteiger partial charge in [-0.1, -0.05) is 44.2 Å². The molecule has 0 fully saturated rings. The van der Waals surface area contributed by atoms with Crippen LogP contribution in [0.4, 0.5) is 0 Å². The van der Waals surface area contributed by atoms with E-state index in [1.165, 1.54) is 16.7 Å². The van der Waals surface area contributed by atoms with Gasteiger partial charge >= 0.3 is 0 Å². The number of nitrogens with zero attached hydrogens (tertiary/aromatic N) is 1. The van der Waals surface area contributed by atoms with Crippen molar-refractivity contribution < 1.29 is 0 Å². The molecule has 2 nitrogen and oxygen atoms in total. The molecule has 2 aromatic rings. The second-order valence-electron chi connectivity index (χ2n) is 6.72. The van der Waals surface area contributed by atoms with Crippen LogP contribution in [0, 0.1) is 0 Å². The van der Waals surface area contributed by atoms with Crippen molar-refractivity contribution >= 4 is 0 Å². The maximum atomic E-state index is 6.46. The molecule has 2 N–H and O–H groups in total. The lowest BCUT2D eigenvalue weighted by molar-refractivity contribution is 0.383. The quantitative estimate of drug-likeness (QED) is 0.875. The minimum Gasteiger partial charge on any atom is -0.349 e. The Labute approximate surface area is 115 Å². The highest BCUT2D eigenvalue weighted by Crippen LogP contribution is 2.47. The van der Waals surface area contributed by atoms with Gasteiger partial charge in [0, 0.05) is 24.5 Å². The number of rotatable bonds is 2. The fourth-order valence-corrected chi connectivity index (χ4v) is 3.50. The van der Waals surface area contributed by atoms with Crippen LogP contribution in [0.5, 0.6) is 0 Å². The van der Waals surface area contributed by atoms with Gasteiger partial charge in [0.15, 0.2) is 0 Å². The average Bonchev–Trinajstić information content (AvgIpc) is 2.80. The third kappa shape index (κ3) is 2.10. The van der Waals surface area contributed by atoms with Crippen LogP contribution in [0.3, 0.4) is 0 Å². The van der Waals surface area contributed by atoms with E-state index in [2.05, 4.69) is 68.1 Å². The van der Waals surface area contributed by atoms with Gasteiger partial charge in [-0.3, -0.25) is 0 Å². The Morgan fingerprint density at radius 2 is 1.68 bits per heavy atom. The van der Waals surface area contributed by atoms with E-state index in [1.54, 1.807) is 0 Å². The molecule has 3 rings (SSSR count). The summed E-state index contributed by atoms with van der Waals surface area (Å²) in [7, 11) is 0. The number of nitrogens with two attached hydrogens (primary N) is 1. The van der Waals surface area contributed by atoms with Crippen LogP contribution in [0.2, 0.25) is 0 Å². The molecule has 0 spiro atoms. The van der Waals surface area contributed by atoms with Gasteiger partial charge in [0.1, 0.15) is 0 Å². The zero-order valence-corrected chi connectivity index (χ0v) is 12.0. The Morgan fingerprint density at radius 3 is 2.32 bits per heavy atom. The zero-order chi connectivity index (χ0) is 13.7. The Morgan fingerprint density at radius 1 is 1.05 bits per heavy atom. The molecule has 1 heterocycles. The maximum absolute atomic E-state index is 6.46. The topological polar surface area (TPSA) is 30.9 Å². The molecule has 0 aliphatic heterocycles. The van der Waals surface area contributed by atoms with Gasteiger partial charge in [0.25, 0.3) is 0 Å². The molecule has 0 radical (unpaired) electrons. The summed E-state index contributed by atoms with van der Waals surface area (Å²) in [6.07, 6.45) is 5.54. The molecule has 2 heteroatoms. The number of hydrogen-bond donors (Lipinski definition) is 1. The summed E-state index contributed by atoms with van der Waals surface area (Å²) in [5.41, 5.74) is 10.5. The van der Waals surface area contributed by atoms with Crippen molar-refractivity contribution in [3.05, 3.63) is 59.4 Å². The van der Waals surface area contributed by atoms with Gasteiger partial charge in [-0.15, -0.1) is 0 Å². The van der Waals surface area contributed by atoms with Crippen molar-refractivity contribution in [3.63, 3.8) is 0 Å². The second kappa shape index (κ2) is 3.97. The van der Waals surface area contributed by atoms with E-state index in [0.717, 1.165) is 13.0 Å². The van der Waals surface area contributed by atoms with E-state index in [4.69, 9.17) is 5.73 Å². The molecule has 100 valence electrons. The van der Waals surface area contributed by atoms with Gasteiger partial charge in [-0.05, 0) is 35.4 Å². The third-order valence-corrected chi connectivity index (χ3v) is 4.24. The van der Waals surface area contributed by atoms with Crippen LogP contribution in [0.25, 0.3) is 0 Å². The van der Waals surface area contributed by atoms with Crippen molar-refractivity contribution in [1.82, 2.24) is 4.57 Å². The first-order valence-electron chi connectivity index (χ1n) is 6.92. The summed E-state index contributed by atoms with van der Waals surface area (Å²) in [6, 6.07) is 10.6. The summed E-state index contributed by atoms with van der Waals surface area (Å²) >= 11 is 0. The van der Waals surface area contributed by atoms with Crippen molar-refractivity contribution in [2.75, 3.05) is 0 Å². The van der Waals surface area contributed by atoms with E-state index in [9.17, 15) is 0 Å². The fraction of sp³-hybridized carbons (Fsp3) is 0.412. The van der Waals surface area contributed by atoms with Crippen molar-refractivity contribution in [3.8, 4) is 0 Å². The first-order valence-corrected chi connectivity index (χ1v) is 6.92. The van der Waals surface area contributed by atoms with Crippen LogP contribution in [0.1, 0.15) is 43.9 Å². The molecule has 1 aliphatic rings. The van der Waals surface area contributed by atoms with Gasteiger partial charge in [-0.25, -0.2) is 0 Å². The normalized spacial score (nSPS) is 24.4. The minimum atomic E-state index is -0.194. The van der Waals surface area contributed by atoms with E-state index in [-0.39, 0.29) is 11.0 Å². The minimum absolute atomic E-state index is 0.181. The largest absolute Gasteiger partial charge is 0.349 e. The molecular weight excluding hydrogens is 232 g/mol. The van der Waals surface area contributed by atoms with Gasteiger partial charge < -0.3 is 10.3 Å². The van der Waals surface area contributed by atoms with E-state index in [0.29, 0.717) is 0 Å². The summed E-state index contributed by atoms with van der Waals surface area (Å²) in [5.74, 6) is 0. The highest BCUT2D eigenvalue weighted by atomic mass is 15.0.